The second-order valence-electron chi connectivity index (χ2n) is 17.6. The van der Waals surface area contributed by atoms with Crippen molar-refractivity contribution < 1.29 is 29.3 Å². The predicted octanol–water partition coefficient (Wildman–Crippen LogP) is 7.42. The highest BCUT2D eigenvalue weighted by Crippen LogP contribution is 2.76. The average Bonchev–Trinajstić information content (AvgIpc) is 2.92. The van der Waals surface area contributed by atoms with Crippen LogP contribution in [0.25, 0.3) is 0 Å². The Hall–Kier alpha value is -1.66. The Morgan fingerprint density at radius 2 is 1.61 bits per heavy atom. The van der Waals surface area contributed by atoms with Crippen LogP contribution in [0.15, 0.2) is 23.3 Å². The van der Waals surface area contributed by atoms with Crippen LogP contribution >= 0.6 is 0 Å². The highest BCUT2D eigenvalue weighted by molar-refractivity contribution is 5.87. The molecule has 11 atom stereocenters. The lowest BCUT2D eigenvalue weighted by molar-refractivity contribution is -0.264. The lowest BCUT2D eigenvalue weighted by Gasteiger charge is -2.72. The number of allylic oxidation sites excluding steroid dienone is 3. The van der Waals surface area contributed by atoms with E-state index in [0.29, 0.717) is 41.6 Å². The minimum absolute atomic E-state index is 0.0217. The van der Waals surface area contributed by atoms with E-state index < -0.39 is 41.1 Å². The molecule has 6 nitrogen and oxygen atoms in total. The number of carbonyl (C=O) groups excluding carboxylic acids is 2. The molecule has 0 aromatic rings. The standard InChI is InChI=1S/C38H60O6/c1-12-22(2)32(42)44-31-30(43-24(4)40)33(5,6)19-26-25-13-14-28-35(9)17-15-23(3)34(7,8)27(35)16-18-36(28,10)37(25,11)20-29(41)38(26,31)21-39/h12-13,23,26-31,39,41H,14-21H2,1-11H3/b22-12-/t23-,26?,27?,28?,29+,30-,31-,35-,36+,37+,38-/m0/s1. The van der Waals surface area contributed by atoms with Crippen molar-refractivity contribution in [2.24, 2.45) is 56.2 Å². The third-order valence-electron chi connectivity index (χ3n) is 15.2. The molecule has 0 aliphatic heterocycles. The molecule has 0 bridgehead atoms. The fourth-order valence-electron chi connectivity index (χ4n) is 11.9. The smallest absolute Gasteiger partial charge is 0.333 e. The van der Waals surface area contributed by atoms with Gasteiger partial charge in [0.2, 0.25) is 0 Å². The van der Waals surface area contributed by atoms with Gasteiger partial charge < -0.3 is 19.7 Å². The molecule has 0 spiro atoms. The molecule has 5 aliphatic carbocycles. The molecule has 248 valence electrons. The van der Waals surface area contributed by atoms with E-state index in [1.54, 1.807) is 19.9 Å². The monoisotopic (exact) mass is 612 g/mol. The number of fused-ring (bicyclic) bond motifs is 7. The quantitative estimate of drug-likeness (QED) is 0.195. The Labute approximate surface area is 266 Å². The molecule has 2 N–H and O–H groups in total. The maximum atomic E-state index is 13.3. The van der Waals surface area contributed by atoms with Gasteiger partial charge in [0.1, 0.15) is 6.10 Å². The lowest BCUT2D eigenvalue weighted by Crippen LogP contribution is -2.72. The summed E-state index contributed by atoms with van der Waals surface area (Å²) in [6.45, 7) is 23.5. The van der Waals surface area contributed by atoms with Crippen LogP contribution in [0, 0.1) is 56.2 Å². The largest absolute Gasteiger partial charge is 0.458 e. The van der Waals surface area contributed by atoms with E-state index in [2.05, 4.69) is 61.5 Å². The van der Waals surface area contributed by atoms with Crippen LogP contribution in [0.2, 0.25) is 0 Å². The zero-order valence-electron chi connectivity index (χ0n) is 29.4. The normalized spacial score (nSPS) is 47.6. The van der Waals surface area contributed by atoms with Crippen molar-refractivity contribution in [3.05, 3.63) is 23.3 Å². The second-order valence-corrected chi connectivity index (χ2v) is 17.6. The molecule has 0 saturated heterocycles. The minimum Gasteiger partial charge on any atom is -0.458 e. The van der Waals surface area contributed by atoms with Crippen molar-refractivity contribution in [2.75, 3.05) is 6.61 Å². The van der Waals surface area contributed by atoms with Gasteiger partial charge in [-0.1, -0.05) is 73.1 Å². The SMILES string of the molecule is C/C=C(/C)C(=O)O[C@H]1[C@H](OC(C)=O)C(C)(C)CC2C3=CCC4[C@@]5(C)CC[C@H](C)C(C)(C)C5CC[C@@]4(C)[C@]3(C)C[C@@H](O)[C@]21CO. The van der Waals surface area contributed by atoms with Gasteiger partial charge in [0.05, 0.1) is 18.1 Å². The fourth-order valence-corrected chi connectivity index (χ4v) is 11.9. The third kappa shape index (κ3) is 4.38. The second kappa shape index (κ2) is 10.7. The molecular formula is C38H60O6. The molecule has 0 aromatic heterocycles. The first-order chi connectivity index (χ1) is 20.3. The predicted molar refractivity (Wildman–Crippen MR) is 172 cm³/mol. The topological polar surface area (TPSA) is 93.1 Å². The minimum atomic E-state index is -1.18. The summed E-state index contributed by atoms with van der Waals surface area (Å²) in [6, 6.07) is 0. The first kappa shape index (κ1) is 33.7. The van der Waals surface area contributed by atoms with Crippen molar-refractivity contribution in [3.63, 3.8) is 0 Å². The van der Waals surface area contributed by atoms with Gasteiger partial charge in [0.15, 0.2) is 6.10 Å². The van der Waals surface area contributed by atoms with E-state index in [4.69, 9.17) is 9.47 Å². The van der Waals surface area contributed by atoms with Crippen LogP contribution < -0.4 is 0 Å². The maximum Gasteiger partial charge on any atom is 0.333 e. The maximum absolute atomic E-state index is 13.3. The Bertz CT molecular complexity index is 1250. The summed E-state index contributed by atoms with van der Waals surface area (Å²) in [5.41, 5.74) is 0.211. The van der Waals surface area contributed by atoms with Gasteiger partial charge in [-0.05, 0) is 104 Å². The van der Waals surface area contributed by atoms with Gasteiger partial charge in [0.25, 0.3) is 0 Å². The summed E-state index contributed by atoms with van der Waals surface area (Å²) in [5, 5.41) is 23.8. The molecule has 0 radical (unpaired) electrons. The van der Waals surface area contributed by atoms with Crippen molar-refractivity contribution >= 4 is 11.9 Å². The molecular weight excluding hydrogens is 552 g/mol. The molecule has 5 rings (SSSR count). The molecule has 44 heavy (non-hydrogen) atoms. The Morgan fingerprint density at radius 3 is 2.20 bits per heavy atom. The van der Waals surface area contributed by atoms with Crippen LogP contribution in [0.5, 0.6) is 0 Å². The Balaban J connectivity index is 1.65. The van der Waals surface area contributed by atoms with Gasteiger partial charge in [-0.15, -0.1) is 0 Å². The van der Waals surface area contributed by atoms with Gasteiger partial charge in [-0.25, -0.2) is 4.79 Å². The molecule has 0 heterocycles. The van der Waals surface area contributed by atoms with Gasteiger partial charge >= 0.3 is 11.9 Å². The van der Waals surface area contributed by atoms with E-state index in [1.165, 1.54) is 31.8 Å². The lowest BCUT2D eigenvalue weighted by atomic mass is 9.32. The molecule has 3 unspecified atom stereocenters. The van der Waals surface area contributed by atoms with E-state index in [-0.39, 0.29) is 28.8 Å². The van der Waals surface area contributed by atoms with E-state index >= 15 is 0 Å². The summed E-state index contributed by atoms with van der Waals surface area (Å²) < 4.78 is 12.2. The highest BCUT2D eigenvalue weighted by Gasteiger charge is 2.73. The first-order valence-corrected chi connectivity index (χ1v) is 17.3. The fraction of sp³-hybridized carbons (Fsp3) is 0.842. The summed E-state index contributed by atoms with van der Waals surface area (Å²) in [4.78, 5) is 25.8. The number of aliphatic hydroxyl groups excluding tert-OH is 2. The number of aliphatic hydroxyl groups is 2. The van der Waals surface area contributed by atoms with Gasteiger partial charge in [-0.3, -0.25) is 4.79 Å². The number of hydrogen-bond donors (Lipinski definition) is 2. The average molecular weight is 613 g/mol. The van der Waals surface area contributed by atoms with E-state index in [9.17, 15) is 19.8 Å². The zero-order chi connectivity index (χ0) is 32.8. The summed E-state index contributed by atoms with van der Waals surface area (Å²) in [7, 11) is 0. The van der Waals surface area contributed by atoms with Gasteiger partial charge in [-0.2, -0.15) is 0 Å². The van der Waals surface area contributed by atoms with Crippen LogP contribution in [-0.2, 0) is 19.1 Å². The zero-order valence-corrected chi connectivity index (χ0v) is 29.4. The van der Waals surface area contributed by atoms with Crippen molar-refractivity contribution in [2.45, 2.75) is 139 Å². The molecule has 4 saturated carbocycles. The number of rotatable bonds is 4. The molecule has 0 aromatic carbocycles. The number of esters is 2. The van der Waals surface area contributed by atoms with Crippen molar-refractivity contribution in [3.8, 4) is 0 Å². The number of hydrogen-bond acceptors (Lipinski definition) is 6. The van der Waals surface area contributed by atoms with Crippen molar-refractivity contribution in [1.82, 2.24) is 0 Å². The van der Waals surface area contributed by atoms with Gasteiger partial charge in [0, 0.05) is 17.9 Å². The third-order valence-corrected chi connectivity index (χ3v) is 15.2. The Morgan fingerprint density at radius 1 is 0.955 bits per heavy atom. The Kier molecular flexibility index (Phi) is 8.18. The molecule has 5 aliphatic rings. The number of carbonyl (C=O) groups is 2. The summed E-state index contributed by atoms with van der Waals surface area (Å²) >= 11 is 0. The molecule has 4 fully saturated rings. The molecule has 0 amide bonds. The first-order valence-electron chi connectivity index (χ1n) is 17.3. The van der Waals surface area contributed by atoms with E-state index in [0.717, 1.165) is 12.8 Å². The molecule has 6 heteroatoms. The highest BCUT2D eigenvalue weighted by atomic mass is 16.6. The summed E-state index contributed by atoms with van der Waals surface area (Å²) in [6.07, 6.45) is 8.33. The van der Waals surface area contributed by atoms with Crippen LogP contribution in [0.4, 0.5) is 0 Å². The van der Waals surface area contributed by atoms with Crippen LogP contribution in [0.1, 0.15) is 121 Å². The van der Waals surface area contributed by atoms with Crippen molar-refractivity contribution in [1.29, 1.82) is 0 Å². The van der Waals surface area contributed by atoms with E-state index in [1.807, 2.05) is 0 Å². The number of ether oxygens (including phenoxy) is 2. The van der Waals surface area contributed by atoms with Crippen LogP contribution in [0.3, 0.4) is 0 Å². The van der Waals surface area contributed by atoms with Crippen LogP contribution in [-0.4, -0.2) is 47.1 Å². The summed E-state index contributed by atoms with van der Waals surface area (Å²) in [5.74, 6) is 0.673.